The lowest BCUT2D eigenvalue weighted by atomic mass is 10.2. The number of rotatable bonds is 1. The van der Waals surface area contributed by atoms with E-state index in [4.69, 9.17) is 16.0 Å². The second kappa shape index (κ2) is 3.47. The van der Waals surface area contributed by atoms with Gasteiger partial charge < -0.3 is 4.42 Å². The third-order valence-electron chi connectivity index (χ3n) is 1.97. The van der Waals surface area contributed by atoms with Gasteiger partial charge in [0.05, 0.1) is 16.0 Å². The summed E-state index contributed by atoms with van der Waals surface area (Å²) in [7, 11) is 0. The SMILES string of the molecule is O=Cc1coc2cc(F)c(Cl)cc2c1=O. The summed E-state index contributed by atoms with van der Waals surface area (Å²) >= 11 is 5.51. The lowest BCUT2D eigenvalue weighted by Crippen LogP contribution is -2.07. The van der Waals surface area contributed by atoms with Crippen LogP contribution in [0.25, 0.3) is 11.0 Å². The molecular weight excluding hydrogens is 223 g/mol. The number of hydrogen-bond donors (Lipinski definition) is 0. The zero-order valence-corrected chi connectivity index (χ0v) is 8.05. The standard InChI is InChI=1S/C10H4ClFO3/c11-7-1-6-9(2-8(7)12)15-4-5(3-13)10(6)14/h1-4H. The second-order valence-electron chi connectivity index (χ2n) is 2.90. The molecule has 2 aromatic rings. The topological polar surface area (TPSA) is 47.3 Å². The molecule has 0 saturated heterocycles. The summed E-state index contributed by atoms with van der Waals surface area (Å²) in [5.74, 6) is -0.675. The Labute approximate surface area is 88.1 Å². The van der Waals surface area contributed by atoms with Crippen LogP contribution in [0.2, 0.25) is 5.02 Å². The molecule has 0 N–H and O–H groups in total. The van der Waals surface area contributed by atoms with Gasteiger partial charge in [0, 0.05) is 6.07 Å². The third-order valence-corrected chi connectivity index (χ3v) is 2.26. The van der Waals surface area contributed by atoms with E-state index in [-0.39, 0.29) is 21.6 Å². The van der Waals surface area contributed by atoms with Gasteiger partial charge in [-0.05, 0) is 6.07 Å². The van der Waals surface area contributed by atoms with Gasteiger partial charge in [0.1, 0.15) is 17.7 Å². The van der Waals surface area contributed by atoms with Crippen LogP contribution in [0, 0.1) is 5.82 Å². The molecule has 0 fully saturated rings. The molecule has 0 aliphatic heterocycles. The minimum absolute atomic E-state index is 0.0625. The molecule has 0 aliphatic carbocycles. The van der Waals surface area contributed by atoms with Gasteiger partial charge >= 0.3 is 0 Å². The zero-order chi connectivity index (χ0) is 11.0. The molecule has 0 unspecified atom stereocenters. The Balaban J connectivity index is 2.94. The molecule has 1 aromatic heterocycles. The first-order valence-electron chi connectivity index (χ1n) is 3.99. The van der Waals surface area contributed by atoms with Crippen molar-refractivity contribution in [1.29, 1.82) is 0 Å². The van der Waals surface area contributed by atoms with E-state index in [0.717, 1.165) is 18.4 Å². The maximum absolute atomic E-state index is 13.0. The van der Waals surface area contributed by atoms with Crippen LogP contribution in [0.3, 0.4) is 0 Å². The zero-order valence-electron chi connectivity index (χ0n) is 7.29. The molecule has 0 saturated carbocycles. The molecule has 5 heteroatoms. The van der Waals surface area contributed by atoms with Crippen molar-refractivity contribution in [1.82, 2.24) is 0 Å². The first-order valence-corrected chi connectivity index (χ1v) is 4.37. The molecule has 76 valence electrons. The van der Waals surface area contributed by atoms with E-state index in [0.29, 0.717) is 6.29 Å². The monoisotopic (exact) mass is 226 g/mol. The van der Waals surface area contributed by atoms with Crippen LogP contribution in [-0.2, 0) is 0 Å². The van der Waals surface area contributed by atoms with Gasteiger partial charge in [-0.2, -0.15) is 0 Å². The van der Waals surface area contributed by atoms with E-state index in [1.54, 1.807) is 0 Å². The molecule has 0 spiro atoms. The number of carbonyl (C=O) groups excluding carboxylic acids is 1. The predicted octanol–water partition coefficient (Wildman–Crippen LogP) is 2.40. The van der Waals surface area contributed by atoms with Crippen LogP contribution in [0.4, 0.5) is 4.39 Å². The number of fused-ring (bicyclic) bond motifs is 1. The molecule has 1 heterocycles. The van der Waals surface area contributed by atoms with Crippen molar-refractivity contribution in [3.05, 3.63) is 45.0 Å². The molecule has 0 atom stereocenters. The highest BCUT2D eigenvalue weighted by Gasteiger charge is 2.09. The normalized spacial score (nSPS) is 10.5. The third kappa shape index (κ3) is 1.53. The smallest absolute Gasteiger partial charge is 0.203 e. The van der Waals surface area contributed by atoms with Crippen molar-refractivity contribution in [2.45, 2.75) is 0 Å². The summed E-state index contributed by atoms with van der Waals surface area (Å²) in [4.78, 5) is 22.0. The number of halogens is 2. The quantitative estimate of drug-likeness (QED) is 0.702. The van der Waals surface area contributed by atoms with Gasteiger partial charge in [0.15, 0.2) is 6.29 Å². The Morgan fingerprint density at radius 1 is 1.40 bits per heavy atom. The summed E-state index contributed by atoms with van der Waals surface area (Å²) in [5, 5.41) is -0.0937. The van der Waals surface area contributed by atoms with Crippen LogP contribution >= 0.6 is 11.6 Å². The van der Waals surface area contributed by atoms with Crippen molar-refractivity contribution in [2.75, 3.05) is 0 Å². The molecule has 1 aromatic carbocycles. The van der Waals surface area contributed by atoms with Gasteiger partial charge in [-0.15, -0.1) is 0 Å². The van der Waals surface area contributed by atoms with Gasteiger partial charge in [0.2, 0.25) is 5.43 Å². The predicted molar refractivity (Wildman–Crippen MR) is 52.8 cm³/mol. The Morgan fingerprint density at radius 3 is 2.80 bits per heavy atom. The van der Waals surface area contributed by atoms with Crippen molar-refractivity contribution in [3.63, 3.8) is 0 Å². The van der Waals surface area contributed by atoms with Crippen molar-refractivity contribution < 1.29 is 13.6 Å². The molecule has 0 bridgehead atoms. The average molecular weight is 227 g/mol. The highest BCUT2D eigenvalue weighted by molar-refractivity contribution is 6.31. The minimum Gasteiger partial charge on any atom is -0.463 e. The van der Waals surface area contributed by atoms with E-state index < -0.39 is 11.2 Å². The van der Waals surface area contributed by atoms with Crippen molar-refractivity contribution >= 4 is 28.9 Å². The summed E-state index contributed by atoms with van der Waals surface area (Å²) in [6, 6.07) is 2.15. The van der Waals surface area contributed by atoms with Crippen molar-refractivity contribution in [3.8, 4) is 0 Å². The first-order chi connectivity index (χ1) is 7.13. The Hall–Kier alpha value is -1.68. The summed E-state index contributed by atoms with van der Waals surface area (Å²) in [5.41, 5.74) is -0.578. The van der Waals surface area contributed by atoms with E-state index in [1.165, 1.54) is 0 Å². The molecule has 3 nitrogen and oxygen atoms in total. The van der Waals surface area contributed by atoms with Gasteiger partial charge in [-0.1, -0.05) is 11.6 Å². The molecule has 0 radical (unpaired) electrons. The molecule has 15 heavy (non-hydrogen) atoms. The van der Waals surface area contributed by atoms with Crippen molar-refractivity contribution in [2.24, 2.45) is 0 Å². The summed E-state index contributed by atoms with van der Waals surface area (Å²) in [6.07, 6.45) is 1.37. The van der Waals surface area contributed by atoms with Crippen LogP contribution in [0.5, 0.6) is 0 Å². The lowest BCUT2D eigenvalue weighted by Gasteiger charge is -1.99. The molecule has 2 rings (SSSR count). The Morgan fingerprint density at radius 2 is 2.13 bits per heavy atom. The fraction of sp³-hybridized carbons (Fsp3) is 0. The van der Waals surface area contributed by atoms with E-state index in [2.05, 4.69) is 0 Å². The largest absolute Gasteiger partial charge is 0.463 e. The van der Waals surface area contributed by atoms with Crippen LogP contribution in [-0.4, -0.2) is 6.29 Å². The fourth-order valence-corrected chi connectivity index (χ4v) is 1.38. The molecule has 0 amide bonds. The summed E-state index contributed by atoms with van der Waals surface area (Å²) in [6.45, 7) is 0. The molecular formula is C10H4ClFO3. The Kier molecular flexibility index (Phi) is 2.28. The fourth-order valence-electron chi connectivity index (χ4n) is 1.22. The van der Waals surface area contributed by atoms with Crippen LogP contribution < -0.4 is 5.43 Å². The maximum Gasteiger partial charge on any atom is 0.203 e. The highest BCUT2D eigenvalue weighted by Crippen LogP contribution is 2.20. The second-order valence-corrected chi connectivity index (χ2v) is 3.31. The highest BCUT2D eigenvalue weighted by atomic mass is 35.5. The number of aldehydes is 1. The van der Waals surface area contributed by atoms with Gasteiger partial charge in [-0.3, -0.25) is 9.59 Å². The number of carbonyl (C=O) groups is 1. The minimum atomic E-state index is -0.675. The van der Waals surface area contributed by atoms with Gasteiger partial charge in [0.25, 0.3) is 0 Å². The number of benzene rings is 1. The summed E-state index contributed by atoms with van der Waals surface area (Å²) < 4.78 is 17.9. The van der Waals surface area contributed by atoms with Crippen LogP contribution in [0.1, 0.15) is 10.4 Å². The average Bonchev–Trinajstić information content (AvgIpc) is 2.22. The lowest BCUT2D eigenvalue weighted by molar-refractivity contribution is 0.112. The first kappa shape index (κ1) is 9.86. The maximum atomic E-state index is 13.0. The molecule has 0 aliphatic rings. The van der Waals surface area contributed by atoms with E-state index >= 15 is 0 Å². The van der Waals surface area contributed by atoms with E-state index in [9.17, 15) is 14.0 Å². The number of hydrogen-bond acceptors (Lipinski definition) is 3. The van der Waals surface area contributed by atoms with Crippen LogP contribution in [0.15, 0.2) is 27.6 Å². The Bertz CT molecular complexity index is 603. The van der Waals surface area contributed by atoms with E-state index in [1.807, 2.05) is 0 Å². The van der Waals surface area contributed by atoms with Gasteiger partial charge in [-0.25, -0.2) is 4.39 Å².